The third kappa shape index (κ3) is 6.69. The first kappa shape index (κ1) is 24.6. The highest BCUT2D eigenvalue weighted by molar-refractivity contribution is 6.74. The Labute approximate surface area is 159 Å². The summed E-state index contributed by atoms with van der Waals surface area (Å²) in [7, 11) is -3.94. The zero-order valence-corrected chi connectivity index (χ0v) is 20.2. The molecule has 0 fully saturated rings. The maximum atomic E-state index is 6.59. The summed E-state index contributed by atoms with van der Waals surface area (Å²) in [5, 5.41) is 0.208. The van der Waals surface area contributed by atoms with Gasteiger partial charge in [0.2, 0.25) is 0 Å². The van der Waals surface area contributed by atoms with Gasteiger partial charge >= 0.3 is 0 Å². The number of rotatable bonds is 8. The highest BCUT2D eigenvalue weighted by Gasteiger charge is 2.43. The van der Waals surface area contributed by atoms with Gasteiger partial charge in [-0.15, -0.1) is 18.9 Å². The summed E-state index contributed by atoms with van der Waals surface area (Å²) >= 11 is 0. The van der Waals surface area contributed by atoms with E-state index in [2.05, 4.69) is 80.2 Å². The van der Waals surface area contributed by atoms with E-state index in [1.165, 1.54) is 0 Å². The molecule has 3 atom stereocenters. The molecule has 0 aromatic carbocycles. The van der Waals surface area contributed by atoms with Crippen LogP contribution in [0.5, 0.6) is 0 Å². The minimum atomic E-state index is -1.98. The topological polar surface area (TPSA) is 44.5 Å². The van der Waals surface area contributed by atoms with E-state index in [-0.39, 0.29) is 28.3 Å². The van der Waals surface area contributed by atoms with Crippen LogP contribution in [0.4, 0.5) is 0 Å². The third-order valence-corrected chi connectivity index (χ3v) is 14.8. The lowest BCUT2D eigenvalue weighted by atomic mass is 10.0. The van der Waals surface area contributed by atoms with E-state index in [1.54, 1.807) is 0 Å². The van der Waals surface area contributed by atoms with Gasteiger partial charge in [-0.2, -0.15) is 0 Å². The van der Waals surface area contributed by atoms with Crippen molar-refractivity contribution in [3.05, 3.63) is 12.7 Å². The smallest absolute Gasteiger partial charge is 0.192 e. The minimum Gasteiger partial charge on any atom is -0.411 e. The van der Waals surface area contributed by atoms with Crippen molar-refractivity contribution < 1.29 is 8.85 Å². The van der Waals surface area contributed by atoms with E-state index in [4.69, 9.17) is 21.0 Å². The Kier molecular flexibility index (Phi) is 8.40. The highest BCUT2D eigenvalue weighted by Crippen LogP contribution is 2.40. The monoisotopic (exact) mass is 383 g/mol. The van der Waals surface area contributed by atoms with Crippen LogP contribution in [0.25, 0.3) is 0 Å². The fourth-order valence-electron chi connectivity index (χ4n) is 1.94. The summed E-state index contributed by atoms with van der Waals surface area (Å²) in [5.74, 6) is 2.73. The number of terminal acetylenes is 1. The largest absolute Gasteiger partial charge is 0.411 e. The number of hydrogen-bond acceptors (Lipinski definition) is 3. The van der Waals surface area contributed by atoms with Crippen LogP contribution in [0.1, 0.15) is 48.0 Å². The lowest BCUT2D eigenvalue weighted by molar-refractivity contribution is 0.0928. The zero-order chi connectivity index (χ0) is 20.3. The van der Waals surface area contributed by atoms with E-state index in [0.29, 0.717) is 6.42 Å². The number of hydrogen-bond donors (Lipinski definition) is 1. The first-order valence-electron chi connectivity index (χ1n) is 9.17. The van der Waals surface area contributed by atoms with Gasteiger partial charge in [0.1, 0.15) is 0 Å². The molecule has 0 saturated heterocycles. The average molecular weight is 384 g/mol. The molecule has 0 aromatic rings. The molecular formula is C20H41NO2Si2. The van der Waals surface area contributed by atoms with Gasteiger partial charge in [0.05, 0.1) is 18.2 Å². The second-order valence-electron chi connectivity index (χ2n) is 9.98. The van der Waals surface area contributed by atoms with Crippen molar-refractivity contribution in [3.8, 4) is 12.3 Å². The maximum Gasteiger partial charge on any atom is 0.192 e. The van der Waals surface area contributed by atoms with E-state index in [9.17, 15) is 0 Å². The highest BCUT2D eigenvalue weighted by atomic mass is 28.4. The van der Waals surface area contributed by atoms with Gasteiger partial charge < -0.3 is 14.6 Å². The van der Waals surface area contributed by atoms with E-state index in [0.717, 1.165) is 0 Å². The van der Waals surface area contributed by atoms with Gasteiger partial charge in [-0.25, -0.2) is 0 Å². The second kappa shape index (κ2) is 8.54. The lowest BCUT2D eigenvalue weighted by Crippen LogP contribution is -2.56. The molecule has 0 saturated carbocycles. The minimum absolute atomic E-state index is 0.101. The van der Waals surface area contributed by atoms with Crippen LogP contribution in [0.2, 0.25) is 36.3 Å². The second-order valence-corrected chi connectivity index (χ2v) is 19.5. The Morgan fingerprint density at radius 3 is 1.72 bits per heavy atom. The first-order valence-corrected chi connectivity index (χ1v) is 15.0. The van der Waals surface area contributed by atoms with Gasteiger partial charge in [-0.1, -0.05) is 47.6 Å². The molecule has 0 aromatic heterocycles. The number of nitrogens with two attached hydrogens (primary N) is 1. The van der Waals surface area contributed by atoms with Gasteiger partial charge in [-0.3, -0.25) is 0 Å². The summed E-state index contributed by atoms with van der Waals surface area (Å²) in [6.07, 6.45) is 7.42. The molecule has 25 heavy (non-hydrogen) atoms. The summed E-state index contributed by atoms with van der Waals surface area (Å²) in [4.78, 5) is 0. The van der Waals surface area contributed by atoms with E-state index >= 15 is 0 Å². The Hall–Kier alpha value is -0.386. The van der Waals surface area contributed by atoms with Crippen molar-refractivity contribution >= 4 is 16.6 Å². The van der Waals surface area contributed by atoms with Crippen molar-refractivity contribution in [2.75, 3.05) is 0 Å². The Bertz CT molecular complexity index is 481. The summed E-state index contributed by atoms with van der Waals surface area (Å²) < 4.78 is 13.0. The lowest BCUT2D eigenvalue weighted by Gasteiger charge is -2.44. The van der Waals surface area contributed by atoms with Crippen molar-refractivity contribution in [3.63, 3.8) is 0 Å². The molecular weight excluding hydrogens is 342 g/mol. The molecule has 0 radical (unpaired) electrons. The molecule has 0 bridgehead atoms. The Morgan fingerprint density at radius 1 is 1.00 bits per heavy atom. The summed E-state index contributed by atoms with van der Waals surface area (Å²) in [6, 6.07) is -0.322. The van der Waals surface area contributed by atoms with Crippen molar-refractivity contribution in [1.82, 2.24) is 0 Å². The van der Waals surface area contributed by atoms with Gasteiger partial charge in [-0.05, 0) is 36.3 Å². The average Bonchev–Trinajstić information content (AvgIpc) is 2.40. The zero-order valence-electron chi connectivity index (χ0n) is 18.2. The fraction of sp³-hybridized carbons (Fsp3) is 0.800. The fourth-order valence-corrected chi connectivity index (χ4v) is 4.58. The van der Waals surface area contributed by atoms with Crippen LogP contribution in [-0.4, -0.2) is 34.9 Å². The standard InChI is InChI=1S/C20H41NO2Si2/c1-13-15-17(23-25(11,12)20(6,7)8)18(21)16(14-2)22-24(9,10)19(3,4)5/h1,14,16-18H,2,15,21H2,3-12H3/t16-,17-,18-/m1/s1. The molecule has 0 aliphatic carbocycles. The van der Waals surface area contributed by atoms with Crippen molar-refractivity contribution in [1.29, 1.82) is 0 Å². The van der Waals surface area contributed by atoms with Crippen LogP contribution < -0.4 is 5.73 Å². The third-order valence-electron chi connectivity index (χ3n) is 5.85. The molecule has 146 valence electrons. The van der Waals surface area contributed by atoms with Gasteiger partial charge in [0, 0.05) is 6.42 Å². The van der Waals surface area contributed by atoms with E-state index in [1.807, 2.05) is 6.08 Å². The van der Waals surface area contributed by atoms with Crippen LogP contribution in [-0.2, 0) is 8.85 Å². The molecule has 0 heterocycles. The van der Waals surface area contributed by atoms with Crippen LogP contribution in [0.3, 0.4) is 0 Å². The molecule has 0 rings (SSSR count). The molecule has 0 aliphatic rings. The quantitative estimate of drug-likeness (QED) is 0.351. The van der Waals surface area contributed by atoms with Crippen molar-refractivity contribution in [2.45, 2.75) is 102 Å². The molecule has 2 N–H and O–H groups in total. The molecule has 3 nitrogen and oxygen atoms in total. The molecule has 0 amide bonds. The predicted molar refractivity (Wildman–Crippen MR) is 116 cm³/mol. The summed E-state index contributed by atoms with van der Waals surface area (Å²) in [5.41, 5.74) is 6.59. The van der Waals surface area contributed by atoms with E-state index < -0.39 is 16.6 Å². The Balaban J connectivity index is 5.47. The molecule has 5 heteroatoms. The normalized spacial score (nSPS) is 17.5. The van der Waals surface area contributed by atoms with Gasteiger partial charge in [0.25, 0.3) is 0 Å². The van der Waals surface area contributed by atoms with Crippen molar-refractivity contribution in [2.24, 2.45) is 5.73 Å². The SMILES string of the molecule is C#CC[C@@H](O[Si](C)(C)C(C)(C)C)[C@H](N)[C@@H](C=C)O[Si](C)(C)C(C)(C)C. The molecule has 0 aliphatic heterocycles. The van der Waals surface area contributed by atoms with Crippen LogP contribution in [0, 0.1) is 12.3 Å². The molecule has 0 spiro atoms. The van der Waals surface area contributed by atoms with Crippen LogP contribution in [0.15, 0.2) is 12.7 Å². The van der Waals surface area contributed by atoms with Crippen LogP contribution >= 0.6 is 0 Å². The summed E-state index contributed by atoms with van der Waals surface area (Å²) in [6.45, 7) is 26.2. The van der Waals surface area contributed by atoms with Gasteiger partial charge in [0.15, 0.2) is 16.6 Å². The predicted octanol–water partition coefficient (Wildman–Crippen LogP) is 5.30. The Morgan fingerprint density at radius 2 is 1.40 bits per heavy atom. The molecule has 0 unspecified atom stereocenters. The first-order chi connectivity index (χ1) is 11.0. The maximum absolute atomic E-state index is 6.59.